The van der Waals surface area contributed by atoms with Gasteiger partial charge in [-0.3, -0.25) is 19.7 Å². The summed E-state index contributed by atoms with van der Waals surface area (Å²) in [6.07, 6.45) is -0.251. The summed E-state index contributed by atoms with van der Waals surface area (Å²) >= 11 is 0. The van der Waals surface area contributed by atoms with Crippen LogP contribution in [0.25, 0.3) is 0 Å². The normalized spacial score (nSPS) is 12.0. The van der Waals surface area contributed by atoms with E-state index >= 15 is 0 Å². The molecule has 0 bridgehead atoms. The lowest BCUT2D eigenvalue weighted by Crippen LogP contribution is -2.51. The number of nitro groups is 1. The molecule has 0 heterocycles. The van der Waals surface area contributed by atoms with Crippen LogP contribution >= 0.6 is 0 Å². The number of carboxylic acids is 2. The number of non-ortho nitro benzene ring substituents is 1. The number of nitrogens with zero attached hydrogens (tertiary/aromatic N) is 1. The van der Waals surface area contributed by atoms with Crippen molar-refractivity contribution in [1.29, 1.82) is 0 Å². The third-order valence-corrected chi connectivity index (χ3v) is 3.63. The summed E-state index contributed by atoms with van der Waals surface area (Å²) in [7, 11) is 0. The van der Waals surface area contributed by atoms with Crippen LogP contribution in [0.2, 0.25) is 0 Å². The Bertz CT molecular complexity index is 556. The van der Waals surface area contributed by atoms with Crippen LogP contribution in [0, 0.1) is 20.9 Å². The van der Waals surface area contributed by atoms with Gasteiger partial charge in [-0.25, -0.2) is 0 Å². The smallest absolute Gasteiger partial charge is 0.321 e. The average Bonchev–Trinajstić information content (AvgIpc) is 2.33. The van der Waals surface area contributed by atoms with Crippen LogP contribution in [0.3, 0.4) is 0 Å². The molecular weight excluding hydrogens is 278 g/mol. The number of nitro benzene ring substituents is 1. The highest BCUT2D eigenvalue weighted by molar-refractivity contribution is 5.99. The molecule has 0 aromatic heterocycles. The molecule has 0 spiro atoms. The van der Waals surface area contributed by atoms with Crippen molar-refractivity contribution in [3.63, 3.8) is 0 Å². The Morgan fingerprint density at radius 1 is 1.10 bits per heavy atom. The fourth-order valence-electron chi connectivity index (χ4n) is 2.19. The van der Waals surface area contributed by atoms with Crippen molar-refractivity contribution in [2.24, 2.45) is 10.8 Å². The first-order valence-electron chi connectivity index (χ1n) is 6.22. The van der Waals surface area contributed by atoms with E-state index in [-0.39, 0.29) is 12.1 Å². The van der Waals surface area contributed by atoms with E-state index in [0.29, 0.717) is 5.56 Å². The summed E-state index contributed by atoms with van der Waals surface area (Å²) in [5.41, 5.74) is -2.76. The van der Waals surface area contributed by atoms with Crippen molar-refractivity contribution in [3.05, 3.63) is 39.9 Å². The number of benzene rings is 1. The van der Waals surface area contributed by atoms with Crippen molar-refractivity contribution >= 4 is 17.6 Å². The van der Waals surface area contributed by atoms with Crippen LogP contribution in [0.5, 0.6) is 0 Å². The topological polar surface area (TPSA) is 118 Å². The molecule has 0 radical (unpaired) electrons. The highest BCUT2D eigenvalue weighted by Gasteiger charge is 2.55. The monoisotopic (exact) mass is 295 g/mol. The van der Waals surface area contributed by atoms with E-state index in [2.05, 4.69) is 0 Å². The molecule has 7 heteroatoms. The molecule has 21 heavy (non-hydrogen) atoms. The zero-order chi connectivity index (χ0) is 16.4. The molecule has 0 saturated carbocycles. The molecule has 0 amide bonds. The molecule has 1 rings (SSSR count). The molecule has 0 saturated heterocycles. The maximum atomic E-state index is 11.6. The summed E-state index contributed by atoms with van der Waals surface area (Å²) in [5, 5.41) is 29.5. The molecule has 7 nitrogen and oxygen atoms in total. The quantitative estimate of drug-likeness (QED) is 0.489. The van der Waals surface area contributed by atoms with Crippen LogP contribution in [0.1, 0.15) is 26.3 Å². The van der Waals surface area contributed by atoms with Gasteiger partial charge in [-0.15, -0.1) is 0 Å². The first-order chi connectivity index (χ1) is 9.52. The number of hydrogen-bond acceptors (Lipinski definition) is 4. The van der Waals surface area contributed by atoms with E-state index in [1.54, 1.807) is 20.8 Å². The fraction of sp³-hybridized carbons (Fsp3) is 0.429. The third-order valence-electron chi connectivity index (χ3n) is 3.63. The van der Waals surface area contributed by atoms with Crippen LogP contribution in [0.4, 0.5) is 5.69 Å². The molecule has 0 atom stereocenters. The lowest BCUT2D eigenvalue weighted by Gasteiger charge is -2.37. The van der Waals surface area contributed by atoms with Crippen LogP contribution in [0.15, 0.2) is 24.3 Å². The molecular formula is C14H17NO6. The van der Waals surface area contributed by atoms with Gasteiger partial charge < -0.3 is 10.2 Å². The third kappa shape index (κ3) is 3.01. The van der Waals surface area contributed by atoms with Crippen LogP contribution in [-0.4, -0.2) is 27.1 Å². The Morgan fingerprint density at radius 2 is 1.52 bits per heavy atom. The zero-order valence-electron chi connectivity index (χ0n) is 12.0. The molecule has 0 unspecified atom stereocenters. The summed E-state index contributed by atoms with van der Waals surface area (Å²) in [6, 6.07) is 5.22. The van der Waals surface area contributed by atoms with Crippen molar-refractivity contribution in [2.75, 3.05) is 0 Å². The molecule has 1 aromatic rings. The van der Waals surface area contributed by atoms with Gasteiger partial charge in [0.2, 0.25) is 0 Å². The second-order valence-corrected chi connectivity index (χ2v) is 5.87. The Hall–Kier alpha value is -2.44. The number of carboxylic acid groups (broad SMARTS) is 2. The number of aliphatic carboxylic acids is 2. The minimum atomic E-state index is -2.01. The lowest BCUT2D eigenvalue weighted by molar-refractivity contribution is -0.384. The van der Waals surface area contributed by atoms with Gasteiger partial charge in [-0.1, -0.05) is 32.9 Å². The lowest BCUT2D eigenvalue weighted by atomic mass is 9.63. The predicted octanol–water partition coefficient (Wildman–Crippen LogP) is 2.34. The molecule has 0 fully saturated rings. The summed E-state index contributed by atoms with van der Waals surface area (Å²) in [6.45, 7) is 4.63. The van der Waals surface area contributed by atoms with Gasteiger partial charge in [0.25, 0.3) is 5.69 Å². The van der Waals surface area contributed by atoms with Crippen LogP contribution in [-0.2, 0) is 16.0 Å². The highest BCUT2D eigenvalue weighted by atomic mass is 16.6. The largest absolute Gasteiger partial charge is 0.480 e. The number of hydrogen-bond donors (Lipinski definition) is 2. The van der Waals surface area contributed by atoms with Gasteiger partial charge in [0.05, 0.1) is 4.92 Å². The summed E-state index contributed by atoms with van der Waals surface area (Å²) < 4.78 is 0. The van der Waals surface area contributed by atoms with Gasteiger partial charge >= 0.3 is 11.9 Å². The van der Waals surface area contributed by atoms with Gasteiger partial charge in [0.1, 0.15) is 0 Å². The van der Waals surface area contributed by atoms with E-state index in [0.717, 1.165) is 0 Å². The predicted molar refractivity (Wildman–Crippen MR) is 74.0 cm³/mol. The SMILES string of the molecule is CC(C)(C)C(Cc1ccc([N+](=O)[O-])cc1)(C(=O)O)C(=O)O. The molecule has 114 valence electrons. The van der Waals surface area contributed by atoms with Crippen molar-refractivity contribution in [1.82, 2.24) is 0 Å². The van der Waals surface area contributed by atoms with Crippen molar-refractivity contribution in [2.45, 2.75) is 27.2 Å². The first kappa shape index (κ1) is 16.6. The Kier molecular flexibility index (Phi) is 4.36. The maximum absolute atomic E-state index is 11.6. The van der Waals surface area contributed by atoms with E-state index in [1.165, 1.54) is 24.3 Å². The second kappa shape index (κ2) is 5.51. The van der Waals surface area contributed by atoms with Gasteiger partial charge in [0, 0.05) is 12.1 Å². The molecule has 1 aromatic carbocycles. The number of carbonyl (C=O) groups is 2. The molecule has 0 aliphatic heterocycles. The molecule has 0 aliphatic rings. The minimum absolute atomic E-state index is 0.134. The van der Waals surface area contributed by atoms with Crippen molar-refractivity contribution < 1.29 is 24.7 Å². The van der Waals surface area contributed by atoms with E-state index in [4.69, 9.17) is 0 Å². The van der Waals surface area contributed by atoms with E-state index in [9.17, 15) is 29.9 Å². The Morgan fingerprint density at radius 3 is 1.81 bits per heavy atom. The number of rotatable bonds is 5. The summed E-state index contributed by atoms with van der Waals surface area (Å²) in [5.74, 6) is -2.86. The van der Waals surface area contributed by atoms with Crippen LogP contribution < -0.4 is 0 Å². The molecule has 2 N–H and O–H groups in total. The van der Waals surface area contributed by atoms with Crippen molar-refractivity contribution in [3.8, 4) is 0 Å². The van der Waals surface area contributed by atoms with E-state index < -0.39 is 27.7 Å². The molecule has 0 aliphatic carbocycles. The van der Waals surface area contributed by atoms with E-state index in [1.807, 2.05) is 0 Å². The Balaban J connectivity index is 3.27. The van der Waals surface area contributed by atoms with Gasteiger partial charge in [-0.05, 0) is 17.4 Å². The fourth-order valence-corrected chi connectivity index (χ4v) is 2.19. The first-order valence-corrected chi connectivity index (χ1v) is 6.22. The zero-order valence-corrected chi connectivity index (χ0v) is 12.0. The Labute approximate surface area is 121 Å². The summed E-state index contributed by atoms with van der Waals surface area (Å²) in [4.78, 5) is 33.2. The minimum Gasteiger partial charge on any atom is -0.480 e. The average molecular weight is 295 g/mol. The van der Waals surface area contributed by atoms with Gasteiger partial charge in [0.15, 0.2) is 5.41 Å². The standard InChI is InChI=1S/C14H17NO6/c1-13(2,3)14(11(16)17,12(18)19)8-9-4-6-10(7-5-9)15(20)21/h4-7H,8H2,1-3H3,(H,16,17)(H,18,19). The maximum Gasteiger partial charge on any atom is 0.321 e. The van der Waals surface area contributed by atoms with Gasteiger partial charge in [-0.2, -0.15) is 0 Å². The highest BCUT2D eigenvalue weighted by Crippen LogP contribution is 2.42. The second-order valence-electron chi connectivity index (χ2n) is 5.87.